The second-order valence-electron chi connectivity index (χ2n) is 6.01. The zero-order chi connectivity index (χ0) is 17.4. The van der Waals surface area contributed by atoms with E-state index in [1.165, 1.54) is 4.90 Å². The summed E-state index contributed by atoms with van der Waals surface area (Å²) < 4.78 is 0. The maximum absolute atomic E-state index is 12.9. The molecule has 2 fully saturated rings. The monoisotopic (exact) mass is 356 g/mol. The Kier molecular flexibility index (Phi) is 3.96. The van der Waals surface area contributed by atoms with Crippen LogP contribution in [0.5, 0.6) is 0 Å². The average Bonchev–Trinajstić information content (AvgIpc) is 3.34. The summed E-state index contributed by atoms with van der Waals surface area (Å²) in [5.41, 5.74) is 1.16. The van der Waals surface area contributed by atoms with Crippen LogP contribution in [-0.2, 0) is 4.79 Å². The summed E-state index contributed by atoms with van der Waals surface area (Å²) in [6.45, 7) is 0.720. The largest absolute Gasteiger partial charge is 0.329 e. The first-order valence-electron chi connectivity index (χ1n) is 8.05. The molecular weight excluding hydrogens is 340 g/mol. The van der Waals surface area contributed by atoms with Gasteiger partial charge in [0.05, 0.1) is 6.04 Å². The lowest BCUT2D eigenvalue weighted by atomic mass is 10.1. The molecular formula is C17H16N4O3S. The number of nitrogens with one attached hydrogen (secondary N) is 1. The molecule has 0 aliphatic carbocycles. The topological polar surface area (TPSA) is 82.6 Å². The van der Waals surface area contributed by atoms with E-state index in [1.807, 2.05) is 10.3 Å². The number of carbonyl (C=O) groups excluding carboxylic acids is 3. The molecule has 128 valence electrons. The summed E-state index contributed by atoms with van der Waals surface area (Å²) in [5, 5.41) is 5.13. The fraction of sp³-hybridized carbons (Fsp3) is 0.294. The average molecular weight is 356 g/mol. The highest BCUT2D eigenvalue weighted by molar-refractivity contribution is 7.09. The molecule has 1 aromatic carbocycles. The molecule has 7 nitrogen and oxygen atoms in total. The van der Waals surface area contributed by atoms with Gasteiger partial charge >= 0.3 is 6.03 Å². The van der Waals surface area contributed by atoms with Crippen LogP contribution in [0.3, 0.4) is 0 Å². The van der Waals surface area contributed by atoms with Gasteiger partial charge in [-0.15, -0.1) is 11.3 Å². The van der Waals surface area contributed by atoms with Gasteiger partial charge in [0, 0.05) is 29.4 Å². The first-order chi connectivity index (χ1) is 12.1. The fourth-order valence-corrected chi connectivity index (χ4v) is 4.05. The van der Waals surface area contributed by atoms with Crippen LogP contribution in [0.25, 0.3) is 0 Å². The number of nitrogens with zero attached hydrogens (tertiary/aromatic N) is 3. The number of benzene rings is 1. The van der Waals surface area contributed by atoms with Gasteiger partial charge in [0.15, 0.2) is 0 Å². The van der Waals surface area contributed by atoms with Crippen molar-refractivity contribution in [2.24, 2.45) is 0 Å². The molecule has 1 unspecified atom stereocenters. The first kappa shape index (κ1) is 15.8. The number of imide groups is 1. The zero-order valence-corrected chi connectivity index (χ0v) is 14.2. The van der Waals surface area contributed by atoms with Crippen molar-refractivity contribution in [1.82, 2.24) is 15.2 Å². The molecule has 0 radical (unpaired) electrons. The van der Waals surface area contributed by atoms with Gasteiger partial charge in [-0.25, -0.2) is 9.78 Å². The van der Waals surface area contributed by atoms with Gasteiger partial charge in [0.25, 0.3) is 5.91 Å². The minimum Gasteiger partial charge on any atom is -0.329 e. The molecule has 0 spiro atoms. The molecule has 1 atom stereocenters. The van der Waals surface area contributed by atoms with Gasteiger partial charge in [0.1, 0.15) is 11.6 Å². The van der Waals surface area contributed by atoms with E-state index in [2.05, 4.69) is 10.3 Å². The number of thiazole rings is 1. The highest BCUT2D eigenvalue weighted by Gasteiger charge is 2.32. The Morgan fingerprint density at radius 2 is 2.04 bits per heavy atom. The van der Waals surface area contributed by atoms with Crippen molar-refractivity contribution in [2.45, 2.75) is 18.9 Å². The SMILES string of the molecule is O=C1CN(c2ccc(C(=O)N3CCCC3c3nccs3)cc2)C(=O)N1. The highest BCUT2D eigenvalue weighted by atomic mass is 32.1. The molecule has 2 aromatic rings. The van der Waals surface area contributed by atoms with E-state index < -0.39 is 6.03 Å². The van der Waals surface area contributed by atoms with Crippen LogP contribution in [0.15, 0.2) is 35.8 Å². The van der Waals surface area contributed by atoms with Crippen molar-refractivity contribution in [3.05, 3.63) is 46.4 Å². The predicted molar refractivity (Wildman–Crippen MR) is 92.5 cm³/mol. The maximum Gasteiger partial charge on any atom is 0.329 e. The summed E-state index contributed by atoms with van der Waals surface area (Å²) in [5.74, 6) is -0.361. The van der Waals surface area contributed by atoms with Gasteiger partial charge in [-0.05, 0) is 37.1 Å². The third kappa shape index (κ3) is 2.89. The number of hydrogen-bond donors (Lipinski definition) is 1. The van der Waals surface area contributed by atoms with Crippen LogP contribution in [0.2, 0.25) is 0 Å². The first-order valence-corrected chi connectivity index (χ1v) is 8.93. The standard InChI is InChI=1S/C17H16N4O3S/c22-14-10-21(17(24)19-14)12-5-3-11(4-6-12)16(23)20-8-1-2-13(20)15-18-7-9-25-15/h3-7,9,13H,1-2,8,10H2,(H,19,22,24). The van der Waals surface area contributed by atoms with E-state index in [4.69, 9.17) is 0 Å². The lowest BCUT2D eigenvalue weighted by Gasteiger charge is -2.23. The summed E-state index contributed by atoms with van der Waals surface area (Å²) in [6, 6.07) is 6.39. The van der Waals surface area contributed by atoms with Crippen molar-refractivity contribution in [3.8, 4) is 0 Å². The van der Waals surface area contributed by atoms with E-state index in [9.17, 15) is 14.4 Å². The molecule has 0 bridgehead atoms. The summed E-state index contributed by atoms with van der Waals surface area (Å²) in [4.78, 5) is 43.4. The Balaban J connectivity index is 1.53. The van der Waals surface area contributed by atoms with Gasteiger partial charge in [-0.2, -0.15) is 0 Å². The van der Waals surface area contributed by atoms with E-state index in [1.54, 1.807) is 41.8 Å². The molecule has 8 heteroatoms. The Labute approximate surface area is 148 Å². The third-order valence-electron chi connectivity index (χ3n) is 4.47. The Morgan fingerprint density at radius 3 is 2.68 bits per heavy atom. The minimum atomic E-state index is -0.438. The van der Waals surface area contributed by atoms with Gasteiger partial charge < -0.3 is 4.90 Å². The summed E-state index contributed by atoms with van der Waals surface area (Å²) in [6.07, 6.45) is 3.65. The van der Waals surface area contributed by atoms with Crippen LogP contribution >= 0.6 is 11.3 Å². The molecule has 2 saturated heterocycles. The molecule has 2 aliphatic heterocycles. The second kappa shape index (κ2) is 6.29. The van der Waals surface area contributed by atoms with Crippen molar-refractivity contribution >= 4 is 34.9 Å². The molecule has 4 amide bonds. The van der Waals surface area contributed by atoms with Crippen LogP contribution in [-0.4, -0.2) is 40.8 Å². The maximum atomic E-state index is 12.9. The van der Waals surface area contributed by atoms with Crippen molar-refractivity contribution in [1.29, 1.82) is 0 Å². The number of amides is 4. The fourth-order valence-electron chi connectivity index (χ4n) is 3.27. The van der Waals surface area contributed by atoms with E-state index in [-0.39, 0.29) is 24.4 Å². The van der Waals surface area contributed by atoms with Gasteiger partial charge in [-0.1, -0.05) is 0 Å². The molecule has 1 N–H and O–H groups in total. The normalized spacial score (nSPS) is 20.2. The van der Waals surface area contributed by atoms with Gasteiger partial charge in [-0.3, -0.25) is 19.8 Å². The Bertz CT molecular complexity index is 819. The van der Waals surface area contributed by atoms with Crippen LogP contribution in [0.1, 0.15) is 34.2 Å². The van der Waals surface area contributed by atoms with Gasteiger partial charge in [0.2, 0.25) is 5.91 Å². The van der Waals surface area contributed by atoms with Crippen molar-refractivity contribution in [3.63, 3.8) is 0 Å². The predicted octanol–water partition coefficient (Wildman–Crippen LogP) is 2.18. The summed E-state index contributed by atoms with van der Waals surface area (Å²) in [7, 11) is 0. The molecule has 3 heterocycles. The van der Waals surface area contributed by atoms with Crippen LogP contribution in [0.4, 0.5) is 10.5 Å². The van der Waals surface area contributed by atoms with E-state index >= 15 is 0 Å². The molecule has 25 heavy (non-hydrogen) atoms. The highest BCUT2D eigenvalue weighted by Crippen LogP contribution is 2.34. The van der Waals surface area contributed by atoms with Crippen molar-refractivity contribution < 1.29 is 14.4 Å². The Morgan fingerprint density at radius 1 is 1.24 bits per heavy atom. The second-order valence-corrected chi connectivity index (χ2v) is 6.94. The third-order valence-corrected chi connectivity index (χ3v) is 5.35. The van der Waals surface area contributed by atoms with Crippen LogP contribution in [0, 0.1) is 0 Å². The number of aromatic nitrogens is 1. The molecule has 0 saturated carbocycles. The van der Waals surface area contributed by atoms with E-state index in [0.29, 0.717) is 17.8 Å². The quantitative estimate of drug-likeness (QED) is 0.855. The van der Waals surface area contributed by atoms with E-state index in [0.717, 1.165) is 17.8 Å². The number of likely N-dealkylation sites (tertiary alicyclic amines) is 1. The number of urea groups is 1. The van der Waals surface area contributed by atoms with Crippen LogP contribution < -0.4 is 10.2 Å². The number of rotatable bonds is 3. The molecule has 4 rings (SSSR count). The van der Waals surface area contributed by atoms with Crippen molar-refractivity contribution in [2.75, 3.05) is 18.0 Å². The minimum absolute atomic E-state index is 0.00434. The smallest absolute Gasteiger partial charge is 0.329 e. The molecule has 2 aliphatic rings. The number of carbonyl (C=O) groups is 3. The Hall–Kier alpha value is -2.74. The lowest BCUT2D eigenvalue weighted by Crippen LogP contribution is -2.31. The molecule has 1 aromatic heterocycles. The number of anilines is 1. The number of hydrogen-bond acceptors (Lipinski definition) is 5. The lowest BCUT2D eigenvalue weighted by molar-refractivity contribution is -0.117. The summed E-state index contributed by atoms with van der Waals surface area (Å²) >= 11 is 1.57. The zero-order valence-electron chi connectivity index (χ0n) is 13.3.